The van der Waals surface area contributed by atoms with E-state index >= 15 is 0 Å². The van der Waals surface area contributed by atoms with Gasteiger partial charge in [-0.05, 0) is 70.6 Å². The number of hydrogen-bond acceptors (Lipinski definition) is 8. The molecule has 9 heteroatoms. The Kier molecular flexibility index (Phi) is 43.5. The Bertz CT molecular complexity index is 1320. The third-order valence-electron chi connectivity index (χ3n) is 10.4. The molecule has 0 radical (unpaired) electrons. The number of ether oxygens (including phenoxy) is 4. The first-order chi connectivity index (χ1) is 31.1. The second-order valence-corrected chi connectivity index (χ2v) is 17.7. The lowest BCUT2D eigenvalue weighted by atomic mass is 10.0. The maximum Gasteiger partial charge on any atom is 0.306 e. The number of allylic oxidation sites excluding steroid dienone is 14. The number of esters is 2. The van der Waals surface area contributed by atoms with Crippen molar-refractivity contribution in [1.82, 2.24) is 0 Å². The summed E-state index contributed by atoms with van der Waals surface area (Å²) in [5.41, 5.74) is 0. The first-order valence-corrected chi connectivity index (χ1v) is 25.2. The van der Waals surface area contributed by atoms with E-state index in [0.717, 1.165) is 103 Å². The van der Waals surface area contributed by atoms with Crippen molar-refractivity contribution in [1.29, 1.82) is 0 Å². The zero-order chi connectivity index (χ0) is 47.0. The molecule has 0 aliphatic rings. The number of rotatable bonds is 45. The Labute approximate surface area is 391 Å². The largest absolute Gasteiger partial charge is 0.545 e. The SMILES string of the molecule is CC/C=C\C/C=C\C/C=C\C/C=C\C/C=C\C/C=C\C/C=C\CCCCCCCCCCCCCC(=O)OC(COC(=O)CCCCCCCC)COC(OCC[N+](C)(C)C)C(=O)[O-]. The maximum absolute atomic E-state index is 12.7. The zero-order valence-corrected chi connectivity index (χ0v) is 41.4. The second-order valence-electron chi connectivity index (χ2n) is 17.7. The fourth-order valence-electron chi connectivity index (χ4n) is 6.51. The first-order valence-electron chi connectivity index (χ1n) is 25.2. The molecule has 0 rings (SSSR count). The second kappa shape index (κ2) is 46.0. The van der Waals surface area contributed by atoms with Crippen LogP contribution in [0, 0.1) is 0 Å². The molecule has 0 saturated heterocycles. The van der Waals surface area contributed by atoms with Crippen LogP contribution in [0.4, 0.5) is 0 Å². The van der Waals surface area contributed by atoms with E-state index in [9.17, 15) is 19.5 Å². The van der Waals surface area contributed by atoms with Crippen LogP contribution in [0.15, 0.2) is 85.1 Å². The van der Waals surface area contributed by atoms with E-state index in [1.54, 1.807) is 0 Å². The van der Waals surface area contributed by atoms with Crippen molar-refractivity contribution in [2.45, 2.75) is 200 Å². The van der Waals surface area contributed by atoms with Crippen LogP contribution in [-0.4, -0.2) is 82.3 Å². The Hall–Kier alpha value is -3.53. The van der Waals surface area contributed by atoms with Crippen molar-refractivity contribution in [3.63, 3.8) is 0 Å². The molecule has 0 fully saturated rings. The van der Waals surface area contributed by atoms with Gasteiger partial charge in [0.05, 0.1) is 40.3 Å². The van der Waals surface area contributed by atoms with E-state index in [1.165, 1.54) is 51.4 Å². The maximum atomic E-state index is 12.7. The van der Waals surface area contributed by atoms with E-state index in [1.807, 2.05) is 21.1 Å². The minimum absolute atomic E-state index is 0.144. The molecule has 0 aromatic heterocycles. The molecule has 2 atom stereocenters. The molecule has 0 amide bonds. The van der Waals surface area contributed by atoms with Crippen LogP contribution >= 0.6 is 0 Å². The number of carboxylic acid groups (broad SMARTS) is 1. The van der Waals surface area contributed by atoms with Gasteiger partial charge < -0.3 is 33.3 Å². The predicted molar refractivity (Wildman–Crippen MR) is 264 cm³/mol. The number of carbonyl (C=O) groups excluding carboxylic acids is 3. The average molecular weight is 896 g/mol. The van der Waals surface area contributed by atoms with Gasteiger partial charge in [0.25, 0.3) is 0 Å². The summed E-state index contributed by atoms with van der Waals surface area (Å²) in [7, 11) is 5.90. The zero-order valence-electron chi connectivity index (χ0n) is 41.4. The Morgan fingerprint density at radius 1 is 0.484 bits per heavy atom. The van der Waals surface area contributed by atoms with Gasteiger partial charge in [-0.2, -0.15) is 0 Å². The molecule has 0 aromatic carbocycles. The summed E-state index contributed by atoms with van der Waals surface area (Å²) in [6, 6.07) is 0. The van der Waals surface area contributed by atoms with E-state index in [0.29, 0.717) is 17.4 Å². The minimum atomic E-state index is -1.62. The van der Waals surface area contributed by atoms with Crippen molar-refractivity contribution in [2.75, 3.05) is 47.5 Å². The summed E-state index contributed by atoms with van der Waals surface area (Å²) in [6.45, 7) is 4.54. The van der Waals surface area contributed by atoms with Crippen LogP contribution in [0.2, 0.25) is 0 Å². The average Bonchev–Trinajstić information content (AvgIpc) is 3.26. The normalized spacial score (nSPS) is 13.6. The van der Waals surface area contributed by atoms with Gasteiger partial charge in [0.1, 0.15) is 13.2 Å². The van der Waals surface area contributed by atoms with E-state index in [-0.39, 0.29) is 38.6 Å². The Balaban J connectivity index is 4.08. The lowest BCUT2D eigenvalue weighted by Crippen LogP contribution is -2.44. The standard InChI is InChI=1S/C55H93NO8/c1-6-8-10-12-14-15-16-17-18-19-20-21-22-23-24-25-26-27-28-29-30-31-32-33-34-35-36-37-38-39-40-42-44-46-53(58)64-51(49-62-52(57)45-43-41-13-11-9-7-2)50-63-55(54(59)60)61-48-47-56(3,4)5/h8,10,14-15,17-18,20-21,23-24,26-27,29-30,51,55H,6-7,9,11-13,16,19,22,25,28,31-50H2,1-5H3/b10-8-,15-14-,18-17-,21-20-,24-23-,27-26-,30-29-. The first kappa shape index (κ1) is 60.5. The summed E-state index contributed by atoms with van der Waals surface area (Å²) >= 11 is 0. The molecule has 0 spiro atoms. The third-order valence-corrected chi connectivity index (χ3v) is 10.4. The fourth-order valence-corrected chi connectivity index (χ4v) is 6.51. The molecule has 0 aliphatic carbocycles. The Morgan fingerprint density at radius 2 is 0.891 bits per heavy atom. The highest BCUT2D eigenvalue weighted by atomic mass is 16.7. The predicted octanol–water partition coefficient (Wildman–Crippen LogP) is 12.7. The van der Waals surface area contributed by atoms with Gasteiger partial charge in [-0.25, -0.2) is 0 Å². The van der Waals surface area contributed by atoms with Crippen molar-refractivity contribution < 1.29 is 42.9 Å². The number of nitrogens with zero attached hydrogens (tertiary/aromatic N) is 1. The summed E-state index contributed by atoms with van der Waals surface area (Å²) in [5.74, 6) is -2.31. The van der Waals surface area contributed by atoms with E-state index in [4.69, 9.17) is 18.9 Å². The molecule has 9 nitrogen and oxygen atoms in total. The molecule has 64 heavy (non-hydrogen) atoms. The summed E-state index contributed by atoms with van der Waals surface area (Å²) < 4.78 is 22.4. The van der Waals surface area contributed by atoms with Crippen LogP contribution in [0.25, 0.3) is 0 Å². The molecule has 0 saturated carbocycles. The number of hydrogen-bond donors (Lipinski definition) is 0. The van der Waals surface area contributed by atoms with Gasteiger partial charge in [0, 0.05) is 12.8 Å². The summed E-state index contributed by atoms with van der Waals surface area (Å²) in [4.78, 5) is 36.8. The third kappa shape index (κ3) is 46.5. The number of aliphatic carboxylic acids is 1. The molecule has 2 unspecified atom stereocenters. The number of likely N-dealkylation sites (N-methyl/N-ethyl adjacent to an activating group) is 1. The minimum Gasteiger partial charge on any atom is -0.545 e. The van der Waals surface area contributed by atoms with Crippen LogP contribution in [0.5, 0.6) is 0 Å². The number of quaternary nitrogens is 1. The van der Waals surface area contributed by atoms with Gasteiger partial charge in [-0.15, -0.1) is 0 Å². The van der Waals surface area contributed by atoms with Gasteiger partial charge in [0.2, 0.25) is 0 Å². The van der Waals surface area contributed by atoms with Gasteiger partial charge in [0.15, 0.2) is 12.4 Å². The van der Waals surface area contributed by atoms with E-state index < -0.39 is 24.3 Å². The number of carbonyl (C=O) groups is 3. The fraction of sp³-hybridized carbons (Fsp3) is 0.691. The lowest BCUT2D eigenvalue weighted by Gasteiger charge is -2.26. The number of unbranched alkanes of at least 4 members (excludes halogenated alkanes) is 16. The van der Waals surface area contributed by atoms with Crippen molar-refractivity contribution >= 4 is 17.9 Å². The van der Waals surface area contributed by atoms with Crippen LogP contribution in [0.3, 0.4) is 0 Å². The molecule has 0 N–H and O–H groups in total. The highest BCUT2D eigenvalue weighted by molar-refractivity contribution is 5.70. The van der Waals surface area contributed by atoms with Gasteiger partial charge in [-0.3, -0.25) is 9.59 Å². The van der Waals surface area contributed by atoms with Gasteiger partial charge >= 0.3 is 11.9 Å². The quantitative estimate of drug-likeness (QED) is 0.0195. The highest BCUT2D eigenvalue weighted by Crippen LogP contribution is 2.14. The van der Waals surface area contributed by atoms with Crippen LogP contribution in [-0.2, 0) is 33.3 Å². The van der Waals surface area contributed by atoms with Gasteiger partial charge in [-0.1, -0.05) is 189 Å². The number of carboxylic acids is 1. The van der Waals surface area contributed by atoms with Crippen molar-refractivity contribution in [2.24, 2.45) is 0 Å². The molecule has 0 aromatic rings. The van der Waals surface area contributed by atoms with Crippen LogP contribution < -0.4 is 5.11 Å². The van der Waals surface area contributed by atoms with Crippen LogP contribution in [0.1, 0.15) is 187 Å². The lowest BCUT2D eigenvalue weighted by molar-refractivity contribution is -0.870. The molecule has 0 bridgehead atoms. The monoisotopic (exact) mass is 896 g/mol. The summed E-state index contributed by atoms with van der Waals surface area (Å²) in [6.07, 6.45) is 56.7. The molecule has 0 heterocycles. The van der Waals surface area contributed by atoms with E-state index in [2.05, 4.69) is 98.9 Å². The smallest absolute Gasteiger partial charge is 0.306 e. The Morgan fingerprint density at radius 3 is 1.33 bits per heavy atom. The molecular formula is C55H93NO8. The van der Waals surface area contributed by atoms with Crippen molar-refractivity contribution in [3.8, 4) is 0 Å². The molecule has 366 valence electrons. The highest BCUT2D eigenvalue weighted by Gasteiger charge is 2.21. The van der Waals surface area contributed by atoms with Crippen molar-refractivity contribution in [3.05, 3.63) is 85.1 Å². The molecular weight excluding hydrogens is 803 g/mol. The topological polar surface area (TPSA) is 111 Å². The molecule has 0 aliphatic heterocycles. The summed E-state index contributed by atoms with van der Waals surface area (Å²) in [5, 5.41) is 11.7.